The highest BCUT2D eigenvalue weighted by Crippen LogP contribution is 2.29. The Morgan fingerprint density at radius 2 is 1.67 bits per heavy atom. The molecule has 0 saturated heterocycles. The van der Waals surface area contributed by atoms with Gasteiger partial charge >= 0.3 is 0 Å². The number of nitrogen functional groups attached to an aromatic ring is 1. The van der Waals surface area contributed by atoms with Crippen LogP contribution in [-0.2, 0) is 6.42 Å². The average Bonchev–Trinajstić information content (AvgIpc) is 3.06. The van der Waals surface area contributed by atoms with Gasteiger partial charge in [-0.1, -0.05) is 55.0 Å². The van der Waals surface area contributed by atoms with Crippen molar-refractivity contribution in [3.8, 4) is 0 Å². The van der Waals surface area contributed by atoms with Crippen LogP contribution in [0.4, 0.5) is 11.4 Å². The van der Waals surface area contributed by atoms with Crippen molar-refractivity contribution in [3.63, 3.8) is 0 Å². The van der Waals surface area contributed by atoms with E-state index in [0.29, 0.717) is 28.0 Å². The van der Waals surface area contributed by atoms with Gasteiger partial charge in [-0.15, -0.1) is 0 Å². The first-order chi connectivity index (χ1) is 14.5. The second-order valence-electron chi connectivity index (χ2n) is 7.29. The molecular weight excluding hydrogens is 374 g/mol. The van der Waals surface area contributed by atoms with Gasteiger partial charge in [-0.25, -0.2) is 0 Å². The summed E-state index contributed by atoms with van der Waals surface area (Å²) in [5.74, 6) is -0.564. The number of ketones is 1. The molecule has 0 aliphatic heterocycles. The summed E-state index contributed by atoms with van der Waals surface area (Å²) < 4.78 is 1.69. The Hall–Kier alpha value is -3.86. The fourth-order valence-electron chi connectivity index (χ4n) is 3.56. The van der Waals surface area contributed by atoms with Crippen LogP contribution in [-0.4, -0.2) is 16.1 Å². The number of nitrogens with zero attached hydrogens (tertiary/aromatic N) is 1. The van der Waals surface area contributed by atoms with E-state index in [-0.39, 0.29) is 17.4 Å². The first-order valence-corrected chi connectivity index (χ1v) is 9.89. The normalized spacial score (nSPS) is 10.9. The third-order valence-electron chi connectivity index (χ3n) is 5.26. The minimum atomic E-state index is -0.347. The van der Waals surface area contributed by atoms with Crippen molar-refractivity contribution in [2.45, 2.75) is 20.3 Å². The molecule has 0 bridgehead atoms. The van der Waals surface area contributed by atoms with Gasteiger partial charge in [0.25, 0.3) is 5.91 Å². The number of hydrogen-bond donors (Lipinski definition) is 2. The number of benzene rings is 2. The third kappa shape index (κ3) is 3.46. The molecule has 150 valence electrons. The Morgan fingerprint density at radius 3 is 2.33 bits per heavy atom. The van der Waals surface area contributed by atoms with Crippen LogP contribution in [0.3, 0.4) is 0 Å². The molecule has 0 spiro atoms. The molecule has 0 saturated carbocycles. The molecule has 5 heteroatoms. The molecule has 30 heavy (non-hydrogen) atoms. The van der Waals surface area contributed by atoms with Gasteiger partial charge in [0.15, 0.2) is 0 Å². The van der Waals surface area contributed by atoms with E-state index < -0.39 is 0 Å². The van der Waals surface area contributed by atoms with E-state index in [4.69, 9.17) is 5.73 Å². The number of aromatic nitrogens is 1. The molecule has 3 N–H and O–H groups in total. The fraction of sp³-hybridized carbons (Fsp3) is 0.120. The summed E-state index contributed by atoms with van der Waals surface area (Å²) in [5.41, 5.74) is 11.2. The number of carbonyl (C=O) groups is 2. The standard InChI is InChI=1S/C25H23N3O2/c1-3-17-9-11-18(12-10-17)24(29)23-22(26)21(20-6-4-5-15-28(20)23)25(30)27-19-13-7-16(2)8-14-19/h4-15H,3,26H2,1-2H3,(H,27,30). The second kappa shape index (κ2) is 7.87. The molecule has 0 radical (unpaired) electrons. The summed E-state index contributed by atoms with van der Waals surface area (Å²) in [6, 6.07) is 20.4. The molecule has 0 aliphatic rings. The van der Waals surface area contributed by atoms with Crippen LogP contribution in [0, 0.1) is 6.92 Å². The minimum absolute atomic E-state index is 0.176. The first-order valence-electron chi connectivity index (χ1n) is 9.89. The number of fused-ring (bicyclic) bond motifs is 1. The lowest BCUT2D eigenvalue weighted by atomic mass is 10.0. The van der Waals surface area contributed by atoms with E-state index >= 15 is 0 Å². The van der Waals surface area contributed by atoms with Gasteiger partial charge in [-0.2, -0.15) is 0 Å². The molecule has 2 heterocycles. The third-order valence-corrected chi connectivity index (χ3v) is 5.26. The quantitative estimate of drug-likeness (QED) is 0.472. The van der Waals surface area contributed by atoms with Gasteiger partial charge in [0, 0.05) is 17.4 Å². The van der Waals surface area contributed by atoms with Crippen molar-refractivity contribution in [3.05, 3.63) is 101 Å². The highest BCUT2D eigenvalue weighted by atomic mass is 16.2. The Kier molecular flexibility index (Phi) is 5.11. The summed E-state index contributed by atoms with van der Waals surface area (Å²) >= 11 is 0. The lowest BCUT2D eigenvalue weighted by Crippen LogP contribution is -2.14. The van der Waals surface area contributed by atoms with Crippen LogP contribution in [0.25, 0.3) is 5.52 Å². The zero-order valence-corrected chi connectivity index (χ0v) is 17.0. The van der Waals surface area contributed by atoms with Gasteiger partial charge in [0.2, 0.25) is 5.78 Å². The molecule has 1 amide bonds. The molecular formula is C25H23N3O2. The molecule has 2 aromatic heterocycles. The summed E-state index contributed by atoms with van der Waals surface area (Å²) in [5, 5.41) is 2.88. The molecule has 0 atom stereocenters. The van der Waals surface area contributed by atoms with Gasteiger partial charge in [0.1, 0.15) is 5.69 Å². The molecule has 0 fully saturated rings. The summed E-state index contributed by atoms with van der Waals surface area (Å²) in [4.78, 5) is 26.4. The summed E-state index contributed by atoms with van der Waals surface area (Å²) in [6.07, 6.45) is 2.65. The van der Waals surface area contributed by atoms with Crippen molar-refractivity contribution in [2.24, 2.45) is 0 Å². The van der Waals surface area contributed by atoms with Crippen molar-refractivity contribution < 1.29 is 9.59 Å². The van der Waals surface area contributed by atoms with Crippen LogP contribution in [0.1, 0.15) is 44.5 Å². The van der Waals surface area contributed by atoms with Gasteiger partial charge in [0.05, 0.1) is 16.8 Å². The maximum absolute atomic E-state index is 13.3. The Labute approximate surface area is 175 Å². The van der Waals surface area contributed by atoms with Crippen LogP contribution < -0.4 is 11.1 Å². The summed E-state index contributed by atoms with van der Waals surface area (Å²) in [6.45, 7) is 4.05. The van der Waals surface area contributed by atoms with Crippen LogP contribution in [0.5, 0.6) is 0 Å². The number of rotatable bonds is 5. The number of aryl methyl sites for hydroxylation is 2. The first kappa shape index (κ1) is 19.5. The number of carbonyl (C=O) groups excluding carboxylic acids is 2. The highest BCUT2D eigenvalue weighted by molar-refractivity contribution is 6.20. The maximum Gasteiger partial charge on any atom is 0.259 e. The lowest BCUT2D eigenvalue weighted by Gasteiger charge is -2.06. The molecule has 2 aromatic carbocycles. The Bertz CT molecular complexity index is 1240. The molecule has 5 nitrogen and oxygen atoms in total. The van der Waals surface area contributed by atoms with Gasteiger partial charge in [-0.05, 0) is 43.2 Å². The largest absolute Gasteiger partial charge is 0.396 e. The predicted molar refractivity (Wildman–Crippen MR) is 120 cm³/mol. The topological polar surface area (TPSA) is 76.6 Å². The van der Waals surface area contributed by atoms with Crippen molar-refractivity contribution in [1.82, 2.24) is 4.40 Å². The predicted octanol–water partition coefficient (Wildman–Crippen LogP) is 4.88. The van der Waals surface area contributed by atoms with E-state index in [0.717, 1.165) is 17.5 Å². The number of amides is 1. The van der Waals surface area contributed by atoms with Crippen LogP contribution in [0.15, 0.2) is 72.9 Å². The maximum atomic E-state index is 13.3. The number of nitrogens with two attached hydrogens (primary N) is 1. The molecule has 0 unspecified atom stereocenters. The average molecular weight is 397 g/mol. The monoisotopic (exact) mass is 397 g/mol. The van der Waals surface area contributed by atoms with Gasteiger partial charge < -0.3 is 15.5 Å². The smallest absolute Gasteiger partial charge is 0.259 e. The van der Waals surface area contributed by atoms with E-state index in [1.807, 2.05) is 55.5 Å². The number of nitrogens with one attached hydrogen (secondary N) is 1. The minimum Gasteiger partial charge on any atom is -0.396 e. The highest BCUT2D eigenvalue weighted by Gasteiger charge is 2.26. The van der Waals surface area contributed by atoms with Crippen LogP contribution in [0.2, 0.25) is 0 Å². The van der Waals surface area contributed by atoms with Crippen LogP contribution >= 0.6 is 0 Å². The number of anilines is 2. The number of hydrogen-bond acceptors (Lipinski definition) is 3. The zero-order chi connectivity index (χ0) is 21.3. The second-order valence-corrected chi connectivity index (χ2v) is 7.29. The van der Waals surface area contributed by atoms with E-state index in [2.05, 4.69) is 12.2 Å². The Balaban J connectivity index is 1.78. The lowest BCUT2D eigenvalue weighted by molar-refractivity contribution is 0.102. The Morgan fingerprint density at radius 1 is 0.967 bits per heavy atom. The van der Waals surface area contributed by atoms with Gasteiger partial charge in [-0.3, -0.25) is 9.59 Å². The molecule has 0 aliphatic carbocycles. The zero-order valence-electron chi connectivity index (χ0n) is 17.0. The summed E-state index contributed by atoms with van der Waals surface area (Å²) in [7, 11) is 0. The molecule has 4 rings (SSSR count). The number of pyridine rings is 1. The molecule has 4 aromatic rings. The van der Waals surface area contributed by atoms with Crippen molar-refractivity contribution >= 4 is 28.6 Å². The SMILES string of the molecule is CCc1ccc(C(=O)c2c(N)c(C(=O)Nc3ccc(C)cc3)c3ccccn23)cc1. The van der Waals surface area contributed by atoms with E-state index in [1.165, 1.54) is 0 Å². The van der Waals surface area contributed by atoms with Crippen molar-refractivity contribution in [2.75, 3.05) is 11.1 Å². The van der Waals surface area contributed by atoms with Crippen molar-refractivity contribution in [1.29, 1.82) is 0 Å². The fourth-order valence-corrected chi connectivity index (χ4v) is 3.56. The van der Waals surface area contributed by atoms with E-state index in [1.54, 1.807) is 28.8 Å². The van der Waals surface area contributed by atoms with E-state index in [9.17, 15) is 9.59 Å².